The fraction of sp³-hybridized carbons (Fsp3) is 0.333. The first-order valence-electron chi connectivity index (χ1n) is 4.89. The molecule has 0 aliphatic carbocycles. The van der Waals surface area contributed by atoms with Crippen molar-refractivity contribution in [3.8, 4) is 5.75 Å². The van der Waals surface area contributed by atoms with E-state index in [4.69, 9.17) is 4.74 Å². The van der Waals surface area contributed by atoms with Crippen LogP contribution < -0.4 is 4.74 Å². The lowest BCUT2D eigenvalue weighted by Gasteiger charge is -2.03. The maximum Gasteiger partial charge on any atom is 0.170 e. The third kappa shape index (κ3) is 3.54. The van der Waals surface area contributed by atoms with E-state index in [9.17, 15) is 9.59 Å². The minimum atomic E-state index is -0.148. The molecule has 0 aliphatic rings. The molecule has 0 saturated carbocycles. The summed E-state index contributed by atoms with van der Waals surface area (Å²) < 4.78 is 5.24. The molecule has 1 aromatic carbocycles. The maximum atomic E-state index is 11.5. The Bertz CT molecular complexity index is 352. The quantitative estimate of drug-likeness (QED) is 0.548. The van der Waals surface area contributed by atoms with Crippen LogP contribution in [0.25, 0.3) is 0 Å². The van der Waals surface area contributed by atoms with Gasteiger partial charge < -0.3 is 4.74 Å². The Morgan fingerprint density at radius 2 is 1.80 bits per heavy atom. The van der Waals surface area contributed by atoms with Crippen molar-refractivity contribution in [1.29, 1.82) is 0 Å². The van der Waals surface area contributed by atoms with Crippen molar-refractivity contribution < 1.29 is 14.3 Å². The molecule has 0 aromatic heterocycles. The second-order valence-corrected chi connectivity index (χ2v) is 3.26. The predicted molar refractivity (Wildman–Crippen MR) is 57.2 cm³/mol. The second kappa shape index (κ2) is 5.29. The highest BCUT2D eigenvalue weighted by atomic mass is 16.5. The summed E-state index contributed by atoms with van der Waals surface area (Å²) in [6, 6.07) is 6.82. The average Bonchev–Trinajstić information content (AvgIpc) is 2.18. The van der Waals surface area contributed by atoms with Crippen molar-refractivity contribution in [2.45, 2.75) is 20.3 Å². The molecule has 0 atom stereocenters. The maximum absolute atomic E-state index is 11.5. The van der Waals surface area contributed by atoms with Crippen molar-refractivity contribution in [2.75, 3.05) is 6.61 Å². The van der Waals surface area contributed by atoms with Crippen LogP contribution in [0.2, 0.25) is 0 Å². The summed E-state index contributed by atoms with van der Waals surface area (Å²) >= 11 is 0. The normalized spacial score (nSPS) is 9.73. The SMILES string of the molecule is CCOc1ccc(C(=O)CC(C)=O)cc1. The zero-order valence-corrected chi connectivity index (χ0v) is 8.95. The second-order valence-electron chi connectivity index (χ2n) is 3.26. The lowest BCUT2D eigenvalue weighted by atomic mass is 10.1. The van der Waals surface area contributed by atoms with Crippen LogP contribution in [-0.2, 0) is 4.79 Å². The van der Waals surface area contributed by atoms with Crippen LogP contribution in [0.4, 0.5) is 0 Å². The van der Waals surface area contributed by atoms with Gasteiger partial charge in [-0.1, -0.05) is 0 Å². The fourth-order valence-corrected chi connectivity index (χ4v) is 1.23. The van der Waals surface area contributed by atoms with Crippen molar-refractivity contribution in [2.24, 2.45) is 0 Å². The topological polar surface area (TPSA) is 43.4 Å². The van der Waals surface area contributed by atoms with E-state index in [-0.39, 0.29) is 18.0 Å². The molecule has 3 nitrogen and oxygen atoms in total. The molecule has 0 saturated heterocycles. The van der Waals surface area contributed by atoms with Gasteiger partial charge in [-0.15, -0.1) is 0 Å². The number of hydrogen-bond acceptors (Lipinski definition) is 3. The molecule has 0 fully saturated rings. The van der Waals surface area contributed by atoms with E-state index < -0.39 is 0 Å². The van der Waals surface area contributed by atoms with Crippen LogP contribution >= 0.6 is 0 Å². The van der Waals surface area contributed by atoms with Gasteiger partial charge in [0.15, 0.2) is 5.78 Å². The lowest BCUT2D eigenvalue weighted by molar-refractivity contribution is -0.116. The van der Waals surface area contributed by atoms with Gasteiger partial charge in [-0.2, -0.15) is 0 Å². The Morgan fingerprint density at radius 3 is 2.27 bits per heavy atom. The Morgan fingerprint density at radius 1 is 1.20 bits per heavy atom. The van der Waals surface area contributed by atoms with Crippen LogP contribution in [0.15, 0.2) is 24.3 Å². The lowest BCUT2D eigenvalue weighted by Crippen LogP contribution is -2.04. The molecule has 0 bridgehead atoms. The Balaban J connectivity index is 2.71. The summed E-state index contributed by atoms with van der Waals surface area (Å²) in [5.41, 5.74) is 0.550. The number of ether oxygens (including phenoxy) is 1. The molecule has 15 heavy (non-hydrogen) atoms. The largest absolute Gasteiger partial charge is 0.494 e. The van der Waals surface area contributed by atoms with Crippen LogP contribution in [0.5, 0.6) is 5.75 Å². The van der Waals surface area contributed by atoms with Crippen molar-refractivity contribution in [1.82, 2.24) is 0 Å². The van der Waals surface area contributed by atoms with Gasteiger partial charge in [0.05, 0.1) is 13.0 Å². The minimum Gasteiger partial charge on any atom is -0.494 e. The molecule has 1 aromatic rings. The highest BCUT2D eigenvalue weighted by Gasteiger charge is 2.08. The highest BCUT2D eigenvalue weighted by molar-refractivity contribution is 6.07. The zero-order chi connectivity index (χ0) is 11.3. The summed E-state index contributed by atoms with van der Waals surface area (Å²) in [5, 5.41) is 0. The molecule has 0 unspecified atom stereocenters. The molecule has 3 heteroatoms. The van der Waals surface area contributed by atoms with E-state index >= 15 is 0 Å². The number of ketones is 2. The molecule has 0 aliphatic heterocycles. The fourth-order valence-electron chi connectivity index (χ4n) is 1.23. The molecule has 0 spiro atoms. The zero-order valence-electron chi connectivity index (χ0n) is 8.95. The van der Waals surface area contributed by atoms with Crippen molar-refractivity contribution in [3.63, 3.8) is 0 Å². The smallest absolute Gasteiger partial charge is 0.170 e. The van der Waals surface area contributed by atoms with E-state index in [0.717, 1.165) is 5.75 Å². The van der Waals surface area contributed by atoms with Gasteiger partial charge in [-0.25, -0.2) is 0 Å². The van der Waals surface area contributed by atoms with Crippen LogP contribution in [-0.4, -0.2) is 18.2 Å². The van der Waals surface area contributed by atoms with E-state index in [2.05, 4.69) is 0 Å². The summed E-state index contributed by atoms with van der Waals surface area (Å²) in [6.45, 7) is 3.90. The van der Waals surface area contributed by atoms with E-state index in [1.807, 2.05) is 6.92 Å². The van der Waals surface area contributed by atoms with Crippen LogP contribution in [0, 0.1) is 0 Å². The molecule has 1 rings (SSSR count). The number of carbonyl (C=O) groups excluding carboxylic acids is 2. The summed E-state index contributed by atoms with van der Waals surface area (Å²) in [7, 11) is 0. The predicted octanol–water partition coefficient (Wildman–Crippen LogP) is 2.25. The first kappa shape index (κ1) is 11.4. The van der Waals surface area contributed by atoms with Gasteiger partial charge in [-0.3, -0.25) is 9.59 Å². The van der Waals surface area contributed by atoms with E-state index in [0.29, 0.717) is 12.2 Å². The molecular weight excluding hydrogens is 192 g/mol. The van der Waals surface area contributed by atoms with Gasteiger partial charge in [0, 0.05) is 5.56 Å². The van der Waals surface area contributed by atoms with Gasteiger partial charge in [0.25, 0.3) is 0 Å². The van der Waals surface area contributed by atoms with Crippen LogP contribution in [0.3, 0.4) is 0 Å². The number of carbonyl (C=O) groups is 2. The third-order valence-corrected chi connectivity index (χ3v) is 1.90. The Labute approximate surface area is 89.1 Å². The molecule has 0 amide bonds. The van der Waals surface area contributed by atoms with Gasteiger partial charge in [0.2, 0.25) is 0 Å². The third-order valence-electron chi connectivity index (χ3n) is 1.90. The average molecular weight is 206 g/mol. The Kier molecular flexibility index (Phi) is 4.03. The van der Waals surface area contributed by atoms with Crippen molar-refractivity contribution >= 4 is 11.6 Å². The molecule has 0 radical (unpaired) electrons. The first-order valence-corrected chi connectivity index (χ1v) is 4.89. The number of Topliss-reactive ketones (excluding diaryl/α,β-unsaturated/α-hetero) is 2. The molecule has 0 N–H and O–H groups in total. The molecule has 80 valence electrons. The van der Waals surface area contributed by atoms with E-state index in [1.54, 1.807) is 24.3 Å². The highest BCUT2D eigenvalue weighted by Crippen LogP contribution is 2.13. The van der Waals surface area contributed by atoms with Gasteiger partial charge >= 0.3 is 0 Å². The monoisotopic (exact) mass is 206 g/mol. The number of hydrogen-bond donors (Lipinski definition) is 0. The summed E-state index contributed by atoms with van der Waals surface area (Å²) in [5.74, 6) is 0.469. The number of benzene rings is 1. The molecule has 0 heterocycles. The van der Waals surface area contributed by atoms with Gasteiger partial charge in [-0.05, 0) is 38.1 Å². The standard InChI is InChI=1S/C12H14O3/c1-3-15-11-6-4-10(5-7-11)12(14)8-9(2)13/h4-7H,3,8H2,1-2H3. The molecular formula is C12H14O3. The number of rotatable bonds is 5. The van der Waals surface area contributed by atoms with Crippen molar-refractivity contribution in [3.05, 3.63) is 29.8 Å². The van der Waals surface area contributed by atoms with E-state index in [1.165, 1.54) is 6.92 Å². The first-order chi connectivity index (χ1) is 7.13. The minimum absolute atomic E-state index is 0.0337. The van der Waals surface area contributed by atoms with Crippen LogP contribution in [0.1, 0.15) is 30.6 Å². The van der Waals surface area contributed by atoms with Gasteiger partial charge in [0.1, 0.15) is 11.5 Å². The summed E-state index contributed by atoms with van der Waals surface area (Å²) in [4.78, 5) is 22.2. The Hall–Kier alpha value is -1.64. The summed E-state index contributed by atoms with van der Waals surface area (Å²) in [6.07, 6.45) is -0.0337.